The lowest BCUT2D eigenvalue weighted by Gasteiger charge is -2.36. The Balaban J connectivity index is 1.65. The first-order chi connectivity index (χ1) is 13.5. The van der Waals surface area contributed by atoms with E-state index in [9.17, 15) is 4.79 Å². The van der Waals surface area contributed by atoms with Gasteiger partial charge in [-0.15, -0.1) is 0 Å². The number of benzene rings is 2. The second-order valence-corrected chi connectivity index (χ2v) is 8.35. The van der Waals surface area contributed by atoms with Gasteiger partial charge in [-0.05, 0) is 37.5 Å². The van der Waals surface area contributed by atoms with Gasteiger partial charge in [-0.3, -0.25) is 9.69 Å². The first-order valence-corrected chi connectivity index (χ1v) is 10.0. The van der Waals surface area contributed by atoms with Gasteiger partial charge in [-0.2, -0.15) is 0 Å². The monoisotopic (exact) mass is 376 g/mol. The maximum absolute atomic E-state index is 12.8. The maximum atomic E-state index is 12.8. The molecule has 4 nitrogen and oxygen atoms in total. The molecule has 28 heavy (non-hydrogen) atoms. The van der Waals surface area contributed by atoms with Crippen molar-refractivity contribution in [3.63, 3.8) is 0 Å². The Morgan fingerprint density at radius 1 is 1.14 bits per heavy atom. The van der Waals surface area contributed by atoms with Crippen LogP contribution in [0, 0.1) is 0 Å². The Labute approximate surface area is 167 Å². The van der Waals surface area contributed by atoms with Gasteiger partial charge in [0.2, 0.25) is 0 Å². The zero-order valence-corrected chi connectivity index (χ0v) is 16.7. The average Bonchev–Trinajstić information content (AvgIpc) is 2.69. The topological polar surface area (TPSA) is 41.6 Å². The highest BCUT2D eigenvalue weighted by Crippen LogP contribution is 2.31. The fourth-order valence-corrected chi connectivity index (χ4v) is 4.03. The van der Waals surface area contributed by atoms with Crippen molar-refractivity contribution in [2.75, 3.05) is 26.3 Å². The van der Waals surface area contributed by atoms with Crippen molar-refractivity contribution in [3.8, 4) is 0 Å². The minimum absolute atomic E-state index is 0.0327. The summed E-state index contributed by atoms with van der Waals surface area (Å²) in [5.74, 6) is 0.0327. The van der Waals surface area contributed by atoms with Gasteiger partial charge in [0, 0.05) is 48.1 Å². The quantitative estimate of drug-likeness (QED) is 0.653. The van der Waals surface area contributed by atoms with E-state index in [4.69, 9.17) is 4.74 Å². The van der Waals surface area contributed by atoms with Crippen LogP contribution in [-0.2, 0) is 17.7 Å². The minimum Gasteiger partial charge on any atom is -0.379 e. The third kappa shape index (κ3) is 4.34. The number of hydrogen-bond acceptors (Lipinski definition) is 4. The number of nitrogens with one attached hydrogen (secondary N) is 1. The molecule has 4 heteroatoms. The first kappa shape index (κ1) is 18.9. The van der Waals surface area contributed by atoms with Gasteiger partial charge in [-0.1, -0.05) is 42.5 Å². The molecule has 0 bridgehead atoms. The Kier molecular flexibility index (Phi) is 5.33. The van der Waals surface area contributed by atoms with E-state index in [1.807, 2.05) is 30.3 Å². The summed E-state index contributed by atoms with van der Waals surface area (Å²) in [6, 6.07) is 16.2. The van der Waals surface area contributed by atoms with E-state index in [0.717, 1.165) is 50.5 Å². The van der Waals surface area contributed by atoms with Crippen molar-refractivity contribution < 1.29 is 9.53 Å². The summed E-state index contributed by atoms with van der Waals surface area (Å²) in [5.41, 5.74) is 5.27. The zero-order valence-electron chi connectivity index (χ0n) is 16.7. The van der Waals surface area contributed by atoms with Crippen LogP contribution in [0.1, 0.15) is 40.9 Å². The Hall–Kier alpha value is -2.43. The van der Waals surface area contributed by atoms with Crippen LogP contribution in [-0.4, -0.2) is 42.5 Å². The molecule has 0 atom stereocenters. The second kappa shape index (κ2) is 7.90. The fourth-order valence-electron chi connectivity index (χ4n) is 4.03. The predicted octanol–water partition coefficient (Wildman–Crippen LogP) is 3.67. The summed E-state index contributed by atoms with van der Waals surface area (Å²) in [6.45, 7) is 8.82. The van der Waals surface area contributed by atoms with Gasteiger partial charge in [0.15, 0.2) is 5.78 Å². The number of ketones is 1. The molecule has 0 aromatic heterocycles. The second-order valence-electron chi connectivity index (χ2n) is 8.35. The van der Waals surface area contributed by atoms with Crippen LogP contribution in [0.2, 0.25) is 0 Å². The molecular weight excluding hydrogens is 348 g/mol. The molecule has 4 rings (SSSR count). The minimum atomic E-state index is -0.0818. The highest BCUT2D eigenvalue weighted by molar-refractivity contribution is 6.08. The molecular formula is C24H28N2O2. The molecule has 146 valence electrons. The molecule has 0 amide bonds. The summed E-state index contributed by atoms with van der Waals surface area (Å²) in [6.07, 6.45) is 2.70. The number of nitrogens with zero attached hydrogens (tertiary/aromatic N) is 1. The van der Waals surface area contributed by atoms with Crippen molar-refractivity contribution >= 4 is 11.5 Å². The number of carbonyl (C=O) groups is 1. The van der Waals surface area contributed by atoms with Crippen molar-refractivity contribution in [3.05, 3.63) is 76.9 Å². The number of hydrogen-bond donors (Lipinski definition) is 1. The number of ether oxygens (including phenoxy) is 1. The molecule has 2 heterocycles. The summed E-state index contributed by atoms with van der Waals surface area (Å²) in [7, 11) is 0. The number of carbonyl (C=O) groups excluding carboxylic acids is 1. The van der Waals surface area contributed by atoms with Crippen LogP contribution in [0.5, 0.6) is 0 Å². The van der Waals surface area contributed by atoms with Crippen LogP contribution < -0.4 is 5.32 Å². The lowest BCUT2D eigenvalue weighted by molar-refractivity contribution is 0.0342. The smallest absolute Gasteiger partial charge is 0.187 e. The van der Waals surface area contributed by atoms with Gasteiger partial charge in [0.25, 0.3) is 0 Å². The van der Waals surface area contributed by atoms with Gasteiger partial charge in [0.1, 0.15) is 0 Å². The van der Waals surface area contributed by atoms with E-state index in [1.165, 1.54) is 11.1 Å². The third-order valence-corrected chi connectivity index (χ3v) is 5.41. The van der Waals surface area contributed by atoms with Gasteiger partial charge < -0.3 is 10.1 Å². The van der Waals surface area contributed by atoms with Crippen LogP contribution in [0.25, 0.3) is 5.70 Å². The third-order valence-electron chi connectivity index (χ3n) is 5.41. The molecule has 2 aliphatic heterocycles. The molecule has 0 radical (unpaired) electrons. The van der Waals surface area contributed by atoms with Gasteiger partial charge in [0.05, 0.1) is 13.2 Å². The van der Waals surface area contributed by atoms with Gasteiger partial charge in [-0.25, -0.2) is 0 Å². The number of morpholine rings is 1. The highest BCUT2D eigenvalue weighted by atomic mass is 16.5. The van der Waals surface area contributed by atoms with E-state index in [-0.39, 0.29) is 11.3 Å². The van der Waals surface area contributed by atoms with E-state index in [0.29, 0.717) is 5.56 Å². The highest BCUT2D eigenvalue weighted by Gasteiger charge is 2.28. The standard InChI is InChI=1S/C24H28N2O2/c1-24(2)16-20-9-8-18(17-26-10-12-28-13-11-26)14-21(20)22(25-24)15-23(27)19-6-4-3-5-7-19/h3-9,14-15,25H,10-13,16-17H2,1-2H3. The molecule has 0 saturated carbocycles. The molecule has 2 aliphatic rings. The normalized spacial score (nSPS) is 20.4. The summed E-state index contributed by atoms with van der Waals surface area (Å²) >= 11 is 0. The molecule has 0 unspecified atom stereocenters. The summed E-state index contributed by atoms with van der Waals surface area (Å²) in [5, 5.41) is 3.59. The Bertz CT molecular complexity index is 881. The first-order valence-electron chi connectivity index (χ1n) is 10.0. The van der Waals surface area contributed by atoms with Gasteiger partial charge >= 0.3 is 0 Å². The summed E-state index contributed by atoms with van der Waals surface area (Å²) in [4.78, 5) is 15.2. The van der Waals surface area contributed by atoms with E-state index < -0.39 is 0 Å². The SMILES string of the molecule is CC1(C)Cc2ccc(CN3CCOCC3)cc2C(=CC(=O)c2ccccc2)N1. The van der Waals surface area contributed by atoms with Crippen molar-refractivity contribution in [2.45, 2.75) is 32.4 Å². The molecule has 2 aromatic rings. The number of fused-ring (bicyclic) bond motifs is 1. The molecule has 0 spiro atoms. The largest absolute Gasteiger partial charge is 0.379 e. The Morgan fingerprint density at radius 3 is 2.64 bits per heavy atom. The van der Waals surface area contributed by atoms with Crippen LogP contribution in [0.4, 0.5) is 0 Å². The molecule has 1 fully saturated rings. The zero-order chi connectivity index (χ0) is 19.6. The summed E-state index contributed by atoms with van der Waals surface area (Å²) < 4.78 is 5.46. The molecule has 2 aromatic carbocycles. The molecule has 1 saturated heterocycles. The van der Waals surface area contributed by atoms with Crippen LogP contribution >= 0.6 is 0 Å². The van der Waals surface area contributed by atoms with E-state index in [2.05, 4.69) is 42.3 Å². The number of allylic oxidation sites excluding steroid dienone is 1. The van der Waals surface area contributed by atoms with Crippen LogP contribution in [0.15, 0.2) is 54.6 Å². The van der Waals surface area contributed by atoms with E-state index in [1.54, 1.807) is 6.08 Å². The fraction of sp³-hybridized carbons (Fsp3) is 0.375. The van der Waals surface area contributed by atoms with Crippen molar-refractivity contribution in [2.24, 2.45) is 0 Å². The maximum Gasteiger partial charge on any atom is 0.187 e. The van der Waals surface area contributed by atoms with Crippen molar-refractivity contribution in [1.29, 1.82) is 0 Å². The lowest BCUT2D eigenvalue weighted by Crippen LogP contribution is -2.44. The van der Waals surface area contributed by atoms with E-state index >= 15 is 0 Å². The van der Waals surface area contributed by atoms with Crippen LogP contribution in [0.3, 0.4) is 0 Å². The Morgan fingerprint density at radius 2 is 1.89 bits per heavy atom. The number of rotatable bonds is 4. The van der Waals surface area contributed by atoms with Crippen molar-refractivity contribution in [1.82, 2.24) is 10.2 Å². The predicted molar refractivity (Wildman–Crippen MR) is 112 cm³/mol. The average molecular weight is 376 g/mol. The molecule has 1 N–H and O–H groups in total. The lowest BCUT2D eigenvalue weighted by atomic mass is 9.84. The molecule has 0 aliphatic carbocycles.